The molecule has 0 radical (unpaired) electrons. The van der Waals surface area contributed by atoms with Gasteiger partial charge in [-0.3, -0.25) is 0 Å². The van der Waals surface area contributed by atoms with Crippen molar-refractivity contribution in [1.29, 1.82) is 0 Å². The molecule has 0 saturated carbocycles. The molecule has 1 aliphatic rings. The van der Waals surface area contributed by atoms with Gasteiger partial charge in [-0.15, -0.1) is 0 Å². The zero-order chi connectivity index (χ0) is 12.5. The van der Waals surface area contributed by atoms with E-state index in [2.05, 4.69) is 5.32 Å². The molecule has 0 bridgehead atoms. The van der Waals surface area contributed by atoms with Crippen LogP contribution in [0.2, 0.25) is 0 Å². The lowest BCUT2D eigenvalue weighted by Crippen LogP contribution is -2.19. The van der Waals surface area contributed by atoms with Gasteiger partial charge in [0.1, 0.15) is 0 Å². The smallest absolute Gasteiger partial charge is 0.181 e. The topological polar surface area (TPSA) is 46.2 Å². The Balaban J connectivity index is 2.24. The summed E-state index contributed by atoms with van der Waals surface area (Å²) < 4.78 is 24.6. The fraction of sp³-hybridized carbons (Fsp3) is 0.538. The predicted molar refractivity (Wildman–Crippen MR) is 69.0 cm³/mol. The van der Waals surface area contributed by atoms with Crippen LogP contribution in [-0.2, 0) is 16.3 Å². The fourth-order valence-electron chi connectivity index (χ4n) is 2.48. The lowest BCUT2D eigenvalue weighted by molar-refractivity contribution is 0.570. The molecule has 3 nitrogen and oxygen atoms in total. The molecule has 2 rings (SSSR count). The quantitative estimate of drug-likeness (QED) is 0.831. The van der Waals surface area contributed by atoms with Crippen LogP contribution in [0, 0.1) is 6.92 Å². The zero-order valence-electron chi connectivity index (χ0n) is 10.4. The Kier molecular flexibility index (Phi) is 3.54. The summed E-state index contributed by atoms with van der Waals surface area (Å²) in [5, 5.41) is 2.84. The number of sulfone groups is 1. The minimum absolute atomic E-state index is 0.216. The Bertz CT molecular complexity index is 508. The molecule has 1 aromatic carbocycles. The highest BCUT2D eigenvalue weighted by atomic mass is 32.2. The second-order valence-electron chi connectivity index (χ2n) is 4.67. The number of rotatable bonds is 4. The maximum atomic E-state index is 12.3. The second kappa shape index (κ2) is 4.78. The molecule has 0 aromatic heterocycles. The standard InChI is InChI=1S/C13H19NO2S/c1-10-5-3-7-13-12(10)9-11(17(13,15)16)6-4-8-14-2/h3,5,7,11,14H,4,6,8-9H2,1-2H3. The number of benzene rings is 1. The Hall–Kier alpha value is -0.870. The molecule has 1 aromatic rings. The third-order valence-corrected chi connectivity index (χ3v) is 5.77. The van der Waals surface area contributed by atoms with Crippen molar-refractivity contribution in [2.24, 2.45) is 0 Å². The van der Waals surface area contributed by atoms with Crippen molar-refractivity contribution in [3.63, 3.8) is 0 Å². The normalized spacial score (nSPS) is 21.4. The molecule has 94 valence electrons. The van der Waals surface area contributed by atoms with Gasteiger partial charge in [0.25, 0.3) is 0 Å². The molecule has 0 spiro atoms. The average Bonchev–Trinajstić information content (AvgIpc) is 2.54. The highest BCUT2D eigenvalue weighted by Gasteiger charge is 2.36. The highest BCUT2D eigenvalue weighted by Crippen LogP contribution is 2.34. The van der Waals surface area contributed by atoms with Crippen LogP contribution in [0.15, 0.2) is 23.1 Å². The Morgan fingerprint density at radius 1 is 1.41 bits per heavy atom. The SMILES string of the molecule is CNCCCC1Cc2c(C)cccc2S1(=O)=O. The minimum Gasteiger partial charge on any atom is -0.320 e. The van der Waals surface area contributed by atoms with Gasteiger partial charge < -0.3 is 5.32 Å². The van der Waals surface area contributed by atoms with Crippen molar-refractivity contribution in [3.05, 3.63) is 29.3 Å². The molecule has 0 aliphatic carbocycles. The minimum atomic E-state index is -3.08. The number of aryl methyl sites for hydroxylation is 1. The van der Waals surface area contributed by atoms with Crippen LogP contribution in [-0.4, -0.2) is 27.3 Å². The summed E-state index contributed by atoms with van der Waals surface area (Å²) in [5.74, 6) is 0. The molecule has 4 heteroatoms. The van der Waals surface area contributed by atoms with Gasteiger partial charge in [0.05, 0.1) is 10.1 Å². The fourth-order valence-corrected chi connectivity index (χ4v) is 4.56. The van der Waals surface area contributed by atoms with Crippen LogP contribution in [0.3, 0.4) is 0 Å². The van der Waals surface area contributed by atoms with Gasteiger partial charge in [-0.05, 0) is 57.0 Å². The molecule has 0 saturated heterocycles. The van der Waals surface area contributed by atoms with Crippen LogP contribution in [0.1, 0.15) is 24.0 Å². The van der Waals surface area contributed by atoms with Gasteiger partial charge in [-0.25, -0.2) is 8.42 Å². The van der Waals surface area contributed by atoms with E-state index in [1.54, 1.807) is 6.07 Å². The molecule has 0 fully saturated rings. The Morgan fingerprint density at radius 2 is 2.18 bits per heavy atom. The number of hydrogen-bond acceptors (Lipinski definition) is 3. The number of fused-ring (bicyclic) bond motifs is 1. The van der Waals surface area contributed by atoms with Crippen LogP contribution in [0.25, 0.3) is 0 Å². The second-order valence-corrected chi connectivity index (χ2v) is 6.87. The third kappa shape index (κ3) is 2.24. The van der Waals surface area contributed by atoms with E-state index in [-0.39, 0.29) is 5.25 Å². The summed E-state index contributed by atoms with van der Waals surface area (Å²) >= 11 is 0. The molecule has 1 aliphatic heterocycles. The molecule has 1 N–H and O–H groups in total. The van der Waals surface area contributed by atoms with E-state index in [1.807, 2.05) is 26.1 Å². The van der Waals surface area contributed by atoms with Gasteiger partial charge in [0.2, 0.25) is 0 Å². The molecule has 1 unspecified atom stereocenters. The Morgan fingerprint density at radius 3 is 2.82 bits per heavy atom. The summed E-state index contributed by atoms with van der Waals surface area (Å²) in [4.78, 5) is 0.562. The summed E-state index contributed by atoms with van der Waals surface area (Å²) in [6.45, 7) is 2.87. The summed E-state index contributed by atoms with van der Waals surface area (Å²) in [6.07, 6.45) is 2.35. The van der Waals surface area contributed by atoms with Gasteiger partial charge in [-0.1, -0.05) is 12.1 Å². The predicted octanol–water partition coefficient (Wildman–Crippen LogP) is 1.69. The van der Waals surface area contributed by atoms with Gasteiger partial charge in [0, 0.05) is 0 Å². The van der Waals surface area contributed by atoms with Crippen molar-refractivity contribution in [2.75, 3.05) is 13.6 Å². The van der Waals surface area contributed by atoms with E-state index in [1.165, 1.54) is 0 Å². The summed E-state index contributed by atoms with van der Waals surface area (Å²) in [5.41, 5.74) is 2.13. The van der Waals surface area contributed by atoms with E-state index < -0.39 is 9.84 Å². The van der Waals surface area contributed by atoms with Crippen molar-refractivity contribution in [2.45, 2.75) is 36.3 Å². The van der Waals surface area contributed by atoms with Crippen LogP contribution < -0.4 is 5.32 Å². The van der Waals surface area contributed by atoms with Gasteiger partial charge >= 0.3 is 0 Å². The molecule has 1 atom stereocenters. The third-order valence-electron chi connectivity index (χ3n) is 3.50. The van der Waals surface area contributed by atoms with Crippen LogP contribution in [0.5, 0.6) is 0 Å². The maximum absolute atomic E-state index is 12.3. The first-order chi connectivity index (χ1) is 8.07. The first-order valence-corrected chi connectivity index (χ1v) is 7.59. The van der Waals surface area contributed by atoms with E-state index in [9.17, 15) is 8.42 Å². The van der Waals surface area contributed by atoms with Crippen molar-refractivity contribution < 1.29 is 8.42 Å². The Labute approximate surface area is 103 Å². The first kappa shape index (κ1) is 12.6. The number of hydrogen-bond donors (Lipinski definition) is 1. The van der Waals surface area contributed by atoms with Crippen LogP contribution in [0.4, 0.5) is 0 Å². The van der Waals surface area contributed by atoms with Crippen molar-refractivity contribution >= 4 is 9.84 Å². The largest absolute Gasteiger partial charge is 0.320 e. The molecule has 17 heavy (non-hydrogen) atoms. The lowest BCUT2D eigenvalue weighted by Gasteiger charge is -2.08. The number of nitrogens with one attached hydrogen (secondary N) is 1. The maximum Gasteiger partial charge on any atom is 0.181 e. The van der Waals surface area contributed by atoms with E-state index >= 15 is 0 Å². The van der Waals surface area contributed by atoms with E-state index in [0.29, 0.717) is 11.3 Å². The molecule has 1 heterocycles. The van der Waals surface area contributed by atoms with Crippen molar-refractivity contribution in [3.8, 4) is 0 Å². The van der Waals surface area contributed by atoms with E-state index in [0.717, 1.165) is 30.5 Å². The highest BCUT2D eigenvalue weighted by molar-refractivity contribution is 7.92. The van der Waals surface area contributed by atoms with Crippen molar-refractivity contribution in [1.82, 2.24) is 5.32 Å². The van der Waals surface area contributed by atoms with Gasteiger partial charge in [0.15, 0.2) is 9.84 Å². The molecule has 0 amide bonds. The summed E-state index contributed by atoms with van der Waals surface area (Å²) in [7, 11) is -1.19. The van der Waals surface area contributed by atoms with Gasteiger partial charge in [-0.2, -0.15) is 0 Å². The monoisotopic (exact) mass is 253 g/mol. The first-order valence-electron chi connectivity index (χ1n) is 6.04. The lowest BCUT2D eigenvalue weighted by atomic mass is 10.0. The average molecular weight is 253 g/mol. The van der Waals surface area contributed by atoms with Crippen LogP contribution >= 0.6 is 0 Å². The zero-order valence-corrected chi connectivity index (χ0v) is 11.2. The molecular weight excluding hydrogens is 234 g/mol. The molecular formula is C13H19NO2S. The summed E-state index contributed by atoms with van der Waals surface area (Å²) in [6, 6.07) is 5.57. The van der Waals surface area contributed by atoms with E-state index in [4.69, 9.17) is 0 Å².